The fraction of sp³-hybridized carbons (Fsp3) is 0.0714. The smallest absolute Gasteiger partial charge is 0.169 e. The van der Waals surface area contributed by atoms with Gasteiger partial charge in [0.1, 0.15) is 10.7 Å². The number of halogens is 1. The quantitative estimate of drug-likeness (QED) is 0.872. The largest absolute Gasteiger partial charge is 0.493 e. The zero-order chi connectivity index (χ0) is 13.8. The molecule has 2 aromatic carbocycles. The minimum atomic E-state index is 0.258. The van der Waals surface area contributed by atoms with Crippen molar-refractivity contribution in [1.82, 2.24) is 0 Å². The predicted octanol–water partition coefficient (Wildman–Crippen LogP) is 3.78. The van der Waals surface area contributed by atoms with Gasteiger partial charge in [-0.05, 0) is 24.3 Å². The Morgan fingerprint density at radius 1 is 1.16 bits per heavy atom. The van der Waals surface area contributed by atoms with E-state index >= 15 is 0 Å². The van der Waals surface area contributed by atoms with Gasteiger partial charge in [-0.25, -0.2) is 0 Å². The first-order chi connectivity index (χ1) is 9.11. The van der Waals surface area contributed by atoms with Gasteiger partial charge >= 0.3 is 0 Å². The van der Waals surface area contributed by atoms with Crippen LogP contribution in [0.4, 0.5) is 0 Å². The summed E-state index contributed by atoms with van der Waals surface area (Å²) in [5.74, 6) is 1.86. The van der Waals surface area contributed by atoms with Crippen LogP contribution in [0, 0.1) is 0 Å². The second-order valence-corrected chi connectivity index (χ2v) is 4.61. The van der Waals surface area contributed by atoms with E-state index in [4.69, 9.17) is 39.0 Å². The van der Waals surface area contributed by atoms with Crippen molar-refractivity contribution in [2.75, 3.05) is 7.11 Å². The molecule has 3 nitrogen and oxygen atoms in total. The first-order valence-corrected chi connectivity index (χ1v) is 6.30. The number of hydrogen-bond donors (Lipinski definition) is 1. The number of rotatable bonds is 4. The molecule has 0 heterocycles. The fourth-order valence-corrected chi connectivity index (χ4v) is 2.10. The predicted molar refractivity (Wildman–Crippen MR) is 80.4 cm³/mol. The van der Waals surface area contributed by atoms with Crippen LogP contribution in [0.5, 0.6) is 17.2 Å². The van der Waals surface area contributed by atoms with E-state index in [2.05, 4.69) is 0 Å². The van der Waals surface area contributed by atoms with Crippen LogP contribution in [0.15, 0.2) is 42.5 Å². The van der Waals surface area contributed by atoms with Crippen molar-refractivity contribution >= 4 is 28.8 Å². The summed E-state index contributed by atoms with van der Waals surface area (Å²) < 4.78 is 10.9. The van der Waals surface area contributed by atoms with E-state index in [1.807, 2.05) is 24.3 Å². The average Bonchev–Trinajstić information content (AvgIpc) is 2.39. The molecule has 2 rings (SSSR count). The molecule has 0 fully saturated rings. The zero-order valence-corrected chi connectivity index (χ0v) is 11.8. The van der Waals surface area contributed by atoms with Crippen LogP contribution in [-0.2, 0) is 0 Å². The molecule has 0 aromatic heterocycles. The van der Waals surface area contributed by atoms with Crippen LogP contribution in [-0.4, -0.2) is 12.1 Å². The third kappa shape index (κ3) is 3.16. The van der Waals surface area contributed by atoms with Crippen LogP contribution < -0.4 is 15.2 Å². The summed E-state index contributed by atoms with van der Waals surface area (Å²) in [5, 5.41) is 0.458. The van der Waals surface area contributed by atoms with Crippen molar-refractivity contribution < 1.29 is 9.47 Å². The Morgan fingerprint density at radius 3 is 2.42 bits per heavy atom. The molecule has 0 amide bonds. The number of thiocarbonyl (C=S) groups is 1. The number of nitrogens with two attached hydrogens (primary N) is 1. The van der Waals surface area contributed by atoms with E-state index in [1.165, 1.54) is 0 Å². The molecule has 0 saturated carbocycles. The van der Waals surface area contributed by atoms with Crippen LogP contribution >= 0.6 is 23.8 Å². The van der Waals surface area contributed by atoms with E-state index in [0.717, 1.165) is 0 Å². The lowest BCUT2D eigenvalue weighted by Gasteiger charge is -2.11. The highest BCUT2D eigenvalue weighted by molar-refractivity contribution is 7.80. The maximum atomic E-state index is 6.09. The lowest BCUT2D eigenvalue weighted by atomic mass is 10.2. The van der Waals surface area contributed by atoms with Crippen molar-refractivity contribution in [3.8, 4) is 17.2 Å². The molecule has 98 valence electrons. The second kappa shape index (κ2) is 5.91. The molecule has 19 heavy (non-hydrogen) atoms. The number of para-hydroxylation sites is 2. The highest BCUT2D eigenvalue weighted by Gasteiger charge is 2.08. The van der Waals surface area contributed by atoms with Gasteiger partial charge in [-0.15, -0.1) is 0 Å². The standard InChI is InChI=1S/C14H12ClNO2S/c1-17-12-4-2-3-5-13(12)18-9-6-7-10(14(16)19)11(15)8-9/h2-8H,1H3,(H2,16,19). The van der Waals surface area contributed by atoms with Gasteiger partial charge < -0.3 is 15.2 Å². The van der Waals surface area contributed by atoms with Crippen molar-refractivity contribution in [2.24, 2.45) is 5.73 Å². The van der Waals surface area contributed by atoms with Gasteiger partial charge in [-0.3, -0.25) is 0 Å². The molecule has 0 radical (unpaired) electrons. The summed E-state index contributed by atoms with van der Waals surface area (Å²) in [7, 11) is 1.59. The van der Waals surface area contributed by atoms with Crippen molar-refractivity contribution in [2.45, 2.75) is 0 Å². The van der Waals surface area contributed by atoms with Gasteiger partial charge in [0.05, 0.1) is 12.1 Å². The van der Waals surface area contributed by atoms with Crippen LogP contribution in [0.2, 0.25) is 5.02 Å². The molecular formula is C14H12ClNO2S. The number of ether oxygens (including phenoxy) is 2. The molecule has 5 heteroatoms. The summed E-state index contributed by atoms with van der Waals surface area (Å²) >= 11 is 11.0. The molecule has 0 atom stereocenters. The number of methoxy groups -OCH3 is 1. The minimum absolute atomic E-state index is 0.258. The molecular weight excluding hydrogens is 282 g/mol. The number of hydrogen-bond acceptors (Lipinski definition) is 3. The van der Waals surface area contributed by atoms with E-state index in [0.29, 0.717) is 27.8 Å². The van der Waals surface area contributed by atoms with E-state index in [-0.39, 0.29) is 4.99 Å². The Morgan fingerprint density at radius 2 is 1.84 bits per heavy atom. The number of benzene rings is 2. The fourth-order valence-electron chi connectivity index (χ4n) is 1.59. The molecule has 0 aliphatic rings. The maximum absolute atomic E-state index is 6.09. The molecule has 0 bridgehead atoms. The Kier molecular flexibility index (Phi) is 4.24. The van der Waals surface area contributed by atoms with Crippen molar-refractivity contribution in [1.29, 1.82) is 0 Å². The average molecular weight is 294 g/mol. The zero-order valence-electron chi connectivity index (χ0n) is 10.2. The van der Waals surface area contributed by atoms with E-state index in [1.54, 1.807) is 25.3 Å². The van der Waals surface area contributed by atoms with Gasteiger partial charge in [0.15, 0.2) is 11.5 Å². The molecule has 0 aliphatic heterocycles. The van der Waals surface area contributed by atoms with Gasteiger partial charge in [-0.2, -0.15) is 0 Å². The Hall–Kier alpha value is -1.78. The monoisotopic (exact) mass is 293 g/mol. The highest BCUT2D eigenvalue weighted by atomic mass is 35.5. The summed E-state index contributed by atoms with van der Waals surface area (Å²) in [5.41, 5.74) is 6.18. The summed E-state index contributed by atoms with van der Waals surface area (Å²) in [6, 6.07) is 12.5. The normalized spacial score (nSPS) is 10.0. The summed E-state index contributed by atoms with van der Waals surface area (Å²) in [6.07, 6.45) is 0. The topological polar surface area (TPSA) is 44.5 Å². The molecule has 0 aliphatic carbocycles. The molecule has 2 aromatic rings. The first-order valence-electron chi connectivity index (χ1n) is 5.52. The van der Waals surface area contributed by atoms with Crippen LogP contribution in [0.25, 0.3) is 0 Å². The van der Waals surface area contributed by atoms with Crippen LogP contribution in [0.1, 0.15) is 5.56 Å². The molecule has 2 N–H and O–H groups in total. The van der Waals surface area contributed by atoms with E-state index < -0.39 is 0 Å². The van der Waals surface area contributed by atoms with Gasteiger partial charge in [0, 0.05) is 11.6 Å². The second-order valence-electron chi connectivity index (χ2n) is 3.76. The van der Waals surface area contributed by atoms with E-state index in [9.17, 15) is 0 Å². The lowest BCUT2D eigenvalue weighted by molar-refractivity contribution is 0.379. The van der Waals surface area contributed by atoms with Crippen molar-refractivity contribution in [3.05, 3.63) is 53.1 Å². The first kappa shape index (κ1) is 13.6. The van der Waals surface area contributed by atoms with Gasteiger partial charge in [-0.1, -0.05) is 36.0 Å². The SMILES string of the molecule is COc1ccccc1Oc1ccc(C(N)=S)c(Cl)c1. The van der Waals surface area contributed by atoms with Gasteiger partial charge in [0.2, 0.25) is 0 Å². The minimum Gasteiger partial charge on any atom is -0.493 e. The lowest BCUT2D eigenvalue weighted by Crippen LogP contribution is -2.09. The Bertz CT molecular complexity index is 616. The molecule has 0 unspecified atom stereocenters. The summed E-state index contributed by atoms with van der Waals surface area (Å²) in [6.45, 7) is 0. The maximum Gasteiger partial charge on any atom is 0.169 e. The highest BCUT2D eigenvalue weighted by Crippen LogP contribution is 2.32. The summed E-state index contributed by atoms with van der Waals surface area (Å²) in [4.78, 5) is 0.258. The van der Waals surface area contributed by atoms with Gasteiger partial charge in [0.25, 0.3) is 0 Å². The molecule has 0 saturated heterocycles. The molecule has 0 spiro atoms. The third-order valence-electron chi connectivity index (χ3n) is 2.50. The third-order valence-corrected chi connectivity index (χ3v) is 3.04. The van der Waals surface area contributed by atoms with Crippen molar-refractivity contribution in [3.63, 3.8) is 0 Å². The van der Waals surface area contributed by atoms with Crippen LogP contribution in [0.3, 0.4) is 0 Å². The Labute approximate surface area is 121 Å². The Balaban J connectivity index is 2.29.